The minimum absolute atomic E-state index is 0.137. The van der Waals surface area contributed by atoms with Crippen LogP contribution in [0, 0.1) is 5.82 Å². The summed E-state index contributed by atoms with van der Waals surface area (Å²) in [5.41, 5.74) is 1.94. The van der Waals surface area contributed by atoms with E-state index in [0.717, 1.165) is 16.9 Å². The highest BCUT2D eigenvalue weighted by Gasteiger charge is 2.15. The van der Waals surface area contributed by atoms with Gasteiger partial charge < -0.3 is 24.1 Å². The Morgan fingerprint density at radius 3 is 2.00 bits per heavy atom. The summed E-state index contributed by atoms with van der Waals surface area (Å²) >= 11 is 0. The lowest BCUT2D eigenvalue weighted by atomic mass is 10.1. The Balaban J connectivity index is 1.68. The molecule has 0 saturated carbocycles. The zero-order valence-electron chi connectivity index (χ0n) is 19.2. The molecule has 0 aliphatic heterocycles. The smallest absolute Gasteiger partial charge is 0.161 e. The van der Waals surface area contributed by atoms with Crippen LogP contribution in [-0.4, -0.2) is 50.6 Å². The van der Waals surface area contributed by atoms with Gasteiger partial charge in [0.1, 0.15) is 30.0 Å². The third-order valence-electron chi connectivity index (χ3n) is 5.14. The summed E-state index contributed by atoms with van der Waals surface area (Å²) in [6.45, 7) is 1.59. The van der Waals surface area contributed by atoms with Gasteiger partial charge >= 0.3 is 0 Å². The lowest BCUT2D eigenvalue weighted by Gasteiger charge is -2.26. The Hall–Kier alpha value is -3.29. The molecule has 3 aromatic rings. The van der Waals surface area contributed by atoms with Gasteiger partial charge in [0.05, 0.1) is 21.3 Å². The maximum Gasteiger partial charge on any atom is 0.161 e. The Kier molecular flexibility index (Phi) is 8.92. The Labute approximate surface area is 194 Å². The first-order chi connectivity index (χ1) is 16.0. The highest BCUT2D eigenvalue weighted by Crippen LogP contribution is 2.28. The minimum Gasteiger partial charge on any atom is -0.497 e. The van der Waals surface area contributed by atoms with Gasteiger partial charge in [-0.2, -0.15) is 0 Å². The lowest BCUT2D eigenvalue weighted by molar-refractivity contribution is 0.0628. The minimum atomic E-state index is -0.729. The van der Waals surface area contributed by atoms with E-state index in [1.54, 1.807) is 57.7 Å². The van der Waals surface area contributed by atoms with Crippen molar-refractivity contribution in [3.05, 3.63) is 83.7 Å². The number of methoxy groups -OCH3 is 3. The number of aliphatic hydroxyl groups excluding tert-OH is 1. The molecule has 0 fully saturated rings. The van der Waals surface area contributed by atoms with Gasteiger partial charge in [-0.15, -0.1) is 0 Å². The highest BCUT2D eigenvalue weighted by molar-refractivity contribution is 5.42. The summed E-state index contributed by atoms with van der Waals surface area (Å²) in [5, 5.41) is 10.7. The van der Waals surface area contributed by atoms with Crippen LogP contribution in [0.2, 0.25) is 0 Å². The van der Waals surface area contributed by atoms with Crippen LogP contribution >= 0.6 is 0 Å². The van der Waals surface area contributed by atoms with Gasteiger partial charge in [-0.25, -0.2) is 4.39 Å². The molecule has 1 N–H and O–H groups in total. The number of benzene rings is 3. The van der Waals surface area contributed by atoms with Gasteiger partial charge in [-0.3, -0.25) is 4.90 Å². The molecule has 0 aliphatic rings. The van der Waals surface area contributed by atoms with Crippen molar-refractivity contribution in [1.82, 2.24) is 4.90 Å². The molecule has 3 rings (SSSR count). The maximum absolute atomic E-state index is 13.3. The van der Waals surface area contributed by atoms with Crippen molar-refractivity contribution in [3.8, 4) is 23.0 Å². The van der Waals surface area contributed by atoms with Gasteiger partial charge in [0.25, 0.3) is 0 Å². The number of ether oxygens (including phenoxy) is 4. The van der Waals surface area contributed by atoms with Crippen molar-refractivity contribution in [1.29, 1.82) is 0 Å². The van der Waals surface area contributed by atoms with Crippen LogP contribution in [-0.2, 0) is 13.1 Å². The number of halogens is 1. The summed E-state index contributed by atoms with van der Waals surface area (Å²) in [6, 6.07) is 19.3. The Morgan fingerprint density at radius 2 is 1.36 bits per heavy atom. The van der Waals surface area contributed by atoms with Gasteiger partial charge in [0.2, 0.25) is 0 Å². The third-order valence-corrected chi connectivity index (χ3v) is 5.14. The molecule has 0 unspecified atom stereocenters. The summed E-state index contributed by atoms with van der Waals surface area (Å²) in [5.74, 6) is 2.40. The number of hydrogen-bond acceptors (Lipinski definition) is 6. The number of aliphatic hydroxyl groups is 1. The molecule has 3 aromatic carbocycles. The van der Waals surface area contributed by atoms with Crippen LogP contribution < -0.4 is 18.9 Å². The van der Waals surface area contributed by atoms with Crippen molar-refractivity contribution in [2.24, 2.45) is 0 Å². The average molecular weight is 456 g/mol. The van der Waals surface area contributed by atoms with Crippen LogP contribution in [0.15, 0.2) is 66.7 Å². The molecule has 176 valence electrons. The van der Waals surface area contributed by atoms with Crippen LogP contribution in [0.4, 0.5) is 4.39 Å². The molecule has 1 atom stereocenters. The zero-order chi connectivity index (χ0) is 23.6. The Bertz CT molecular complexity index is 995. The third kappa shape index (κ3) is 7.37. The molecule has 0 bridgehead atoms. The summed E-state index contributed by atoms with van der Waals surface area (Å²) in [7, 11) is 4.80. The predicted octanol–water partition coefficient (Wildman–Crippen LogP) is 4.29. The second kappa shape index (κ2) is 12.1. The maximum atomic E-state index is 13.3. The first kappa shape index (κ1) is 24.4. The zero-order valence-corrected chi connectivity index (χ0v) is 19.2. The summed E-state index contributed by atoms with van der Waals surface area (Å²) in [4.78, 5) is 2.08. The number of hydrogen-bond donors (Lipinski definition) is 1. The van der Waals surface area contributed by atoms with Crippen molar-refractivity contribution in [3.63, 3.8) is 0 Å². The molecular weight excluding hydrogens is 425 g/mol. The SMILES string of the molecule is COc1ccc(OC[C@@H](O)CN(Cc2ccc(F)cc2)Cc2ccc(OC)c(OC)c2)cc1. The van der Waals surface area contributed by atoms with Crippen LogP contribution in [0.3, 0.4) is 0 Å². The lowest BCUT2D eigenvalue weighted by Crippen LogP contribution is -2.35. The number of nitrogens with zero attached hydrogens (tertiary/aromatic N) is 1. The van der Waals surface area contributed by atoms with Crippen LogP contribution in [0.25, 0.3) is 0 Å². The number of rotatable bonds is 12. The van der Waals surface area contributed by atoms with Gasteiger partial charge in [-0.05, 0) is 59.7 Å². The van der Waals surface area contributed by atoms with Crippen molar-refractivity contribution in [2.45, 2.75) is 19.2 Å². The van der Waals surface area contributed by atoms with E-state index in [-0.39, 0.29) is 12.4 Å². The fourth-order valence-corrected chi connectivity index (χ4v) is 3.49. The second-order valence-corrected chi connectivity index (χ2v) is 7.63. The molecule has 0 aliphatic carbocycles. The van der Waals surface area contributed by atoms with Gasteiger partial charge in [-0.1, -0.05) is 18.2 Å². The topological polar surface area (TPSA) is 60.4 Å². The van der Waals surface area contributed by atoms with Crippen molar-refractivity contribution < 1.29 is 28.4 Å². The molecule has 0 heterocycles. The molecule has 0 aromatic heterocycles. The standard InChI is InChI=1S/C26H30FNO5/c1-30-23-9-11-24(12-10-23)33-18-22(29)17-28(15-19-4-7-21(27)8-5-19)16-20-6-13-25(31-2)26(14-20)32-3/h4-14,22,29H,15-18H2,1-3H3/t22-/m0/s1. The van der Waals surface area contributed by atoms with E-state index in [1.165, 1.54) is 12.1 Å². The van der Waals surface area contributed by atoms with E-state index < -0.39 is 6.10 Å². The molecule has 0 amide bonds. The normalized spacial score (nSPS) is 11.8. The molecule has 6 nitrogen and oxygen atoms in total. The summed E-state index contributed by atoms with van der Waals surface area (Å²) < 4.78 is 35.0. The predicted molar refractivity (Wildman–Crippen MR) is 125 cm³/mol. The van der Waals surface area contributed by atoms with E-state index in [4.69, 9.17) is 18.9 Å². The van der Waals surface area contributed by atoms with E-state index in [2.05, 4.69) is 4.90 Å². The van der Waals surface area contributed by atoms with E-state index in [9.17, 15) is 9.50 Å². The highest BCUT2D eigenvalue weighted by atomic mass is 19.1. The first-order valence-electron chi connectivity index (χ1n) is 10.6. The fraction of sp³-hybridized carbons (Fsp3) is 0.308. The van der Waals surface area contributed by atoms with Crippen LogP contribution in [0.1, 0.15) is 11.1 Å². The van der Waals surface area contributed by atoms with Crippen LogP contribution in [0.5, 0.6) is 23.0 Å². The molecular formula is C26H30FNO5. The molecule has 33 heavy (non-hydrogen) atoms. The molecule has 0 radical (unpaired) electrons. The Morgan fingerprint density at radius 1 is 0.758 bits per heavy atom. The van der Waals surface area contributed by atoms with E-state index in [0.29, 0.717) is 36.9 Å². The molecule has 0 spiro atoms. The van der Waals surface area contributed by atoms with Crippen molar-refractivity contribution >= 4 is 0 Å². The van der Waals surface area contributed by atoms with Gasteiger partial charge in [0.15, 0.2) is 11.5 Å². The largest absolute Gasteiger partial charge is 0.497 e. The first-order valence-corrected chi connectivity index (χ1v) is 10.6. The quantitative estimate of drug-likeness (QED) is 0.440. The van der Waals surface area contributed by atoms with E-state index in [1.807, 2.05) is 18.2 Å². The fourth-order valence-electron chi connectivity index (χ4n) is 3.49. The van der Waals surface area contributed by atoms with E-state index >= 15 is 0 Å². The average Bonchev–Trinajstić information content (AvgIpc) is 2.84. The monoisotopic (exact) mass is 455 g/mol. The van der Waals surface area contributed by atoms with Crippen molar-refractivity contribution in [2.75, 3.05) is 34.5 Å². The molecule has 0 saturated heterocycles. The summed E-state index contributed by atoms with van der Waals surface area (Å²) in [6.07, 6.45) is -0.729. The van der Waals surface area contributed by atoms with Gasteiger partial charge in [0, 0.05) is 19.6 Å². The second-order valence-electron chi connectivity index (χ2n) is 7.63. The molecule has 7 heteroatoms.